The summed E-state index contributed by atoms with van der Waals surface area (Å²) in [6.07, 6.45) is 7.87. The summed E-state index contributed by atoms with van der Waals surface area (Å²) in [5.74, 6) is 2.31. The highest BCUT2D eigenvalue weighted by atomic mass is 16.5. The summed E-state index contributed by atoms with van der Waals surface area (Å²) in [6.45, 7) is 2.67. The van der Waals surface area contributed by atoms with Gasteiger partial charge in [0.05, 0.1) is 13.2 Å². The van der Waals surface area contributed by atoms with Crippen molar-refractivity contribution < 1.29 is 9.53 Å². The van der Waals surface area contributed by atoms with Crippen LogP contribution in [-0.2, 0) is 9.53 Å². The SMILES string of the molecule is C#CCNC1(C(=O)OCC)CCC1. The highest BCUT2D eigenvalue weighted by Crippen LogP contribution is 2.32. The van der Waals surface area contributed by atoms with Gasteiger partial charge in [0.1, 0.15) is 5.54 Å². The molecule has 0 unspecified atom stereocenters. The number of hydrogen-bond acceptors (Lipinski definition) is 3. The van der Waals surface area contributed by atoms with E-state index in [0.29, 0.717) is 13.2 Å². The zero-order valence-electron chi connectivity index (χ0n) is 7.93. The summed E-state index contributed by atoms with van der Waals surface area (Å²) < 4.78 is 4.98. The van der Waals surface area contributed by atoms with Crippen LogP contribution in [-0.4, -0.2) is 24.7 Å². The minimum Gasteiger partial charge on any atom is -0.465 e. The van der Waals surface area contributed by atoms with Crippen LogP contribution in [0, 0.1) is 12.3 Å². The van der Waals surface area contributed by atoms with Gasteiger partial charge < -0.3 is 4.74 Å². The minimum atomic E-state index is -0.470. The van der Waals surface area contributed by atoms with Gasteiger partial charge in [0.25, 0.3) is 0 Å². The number of carbonyl (C=O) groups excluding carboxylic acids is 1. The molecule has 0 bridgehead atoms. The molecule has 3 heteroatoms. The van der Waals surface area contributed by atoms with Gasteiger partial charge >= 0.3 is 5.97 Å². The summed E-state index contributed by atoms with van der Waals surface area (Å²) >= 11 is 0. The molecule has 0 aromatic rings. The van der Waals surface area contributed by atoms with E-state index in [-0.39, 0.29) is 5.97 Å². The van der Waals surface area contributed by atoms with E-state index in [1.807, 2.05) is 6.92 Å². The molecule has 1 rings (SSSR count). The average molecular weight is 181 g/mol. The number of rotatable bonds is 4. The van der Waals surface area contributed by atoms with Gasteiger partial charge in [-0.25, -0.2) is 0 Å². The Bertz CT molecular complexity index is 226. The van der Waals surface area contributed by atoms with Gasteiger partial charge in [0.2, 0.25) is 0 Å². The third-order valence-corrected chi connectivity index (χ3v) is 2.40. The van der Waals surface area contributed by atoms with Crippen LogP contribution < -0.4 is 5.32 Å². The number of esters is 1. The molecule has 1 fully saturated rings. The lowest BCUT2D eigenvalue weighted by atomic mass is 9.76. The highest BCUT2D eigenvalue weighted by Gasteiger charge is 2.44. The van der Waals surface area contributed by atoms with Crippen molar-refractivity contribution in [3.05, 3.63) is 0 Å². The average Bonchev–Trinajstić information content (AvgIpc) is 2.03. The zero-order valence-corrected chi connectivity index (χ0v) is 7.93. The Morgan fingerprint density at radius 3 is 2.77 bits per heavy atom. The molecule has 3 nitrogen and oxygen atoms in total. The summed E-state index contributed by atoms with van der Waals surface area (Å²) in [4.78, 5) is 11.5. The quantitative estimate of drug-likeness (QED) is 0.512. The Hall–Kier alpha value is -1.01. The van der Waals surface area contributed by atoms with E-state index in [9.17, 15) is 4.79 Å². The molecule has 0 atom stereocenters. The first-order valence-corrected chi connectivity index (χ1v) is 4.61. The minimum absolute atomic E-state index is 0.156. The summed E-state index contributed by atoms with van der Waals surface area (Å²) in [5, 5.41) is 3.06. The fourth-order valence-corrected chi connectivity index (χ4v) is 1.47. The predicted octanol–water partition coefficient (Wildman–Crippen LogP) is 0.695. The molecular weight excluding hydrogens is 166 g/mol. The smallest absolute Gasteiger partial charge is 0.326 e. The molecule has 0 amide bonds. The van der Waals surface area contributed by atoms with E-state index in [1.165, 1.54) is 0 Å². The van der Waals surface area contributed by atoms with E-state index < -0.39 is 5.54 Å². The van der Waals surface area contributed by atoms with Crippen LogP contribution in [0.2, 0.25) is 0 Å². The van der Waals surface area contributed by atoms with E-state index in [0.717, 1.165) is 19.3 Å². The third kappa shape index (κ3) is 2.02. The van der Waals surface area contributed by atoms with Gasteiger partial charge in [0.15, 0.2) is 0 Å². The normalized spacial score (nSPS) is 18.5. The Balaban J connectivity index is 2.49. The molecule has 0 aliphatic heterocycles. The molecule has 1 aliphatic carbocycles. The second kappa shape index (κ2) is 4.29. The van der Waals surface area contributed by atoms with Crippen molar-refractivity contribution in [3.8, 4) is 12.3 Å². The fraction of sp³-hybridized carbons (Fsp3) is 0.700. The van der Waals surface area contributed by atoms with E-state index >= 15 is 0 Å². The van der Waals surface area contributed by atoms with Gasteiger partial charge in [-0.05, 0) is 26.2 Å². The van der Waals surface area contributed by atoms with Crippen molar-refractivity contribution in [2.75, 3.05) is 13.2 Å². The lowest BCUT2D eigenvalue weighted by Gasteiger charge is -2.39. The molecule has 1 aliphatic rings. The summed E-state index contributed by atoms with van der Waals surface area (Å²) in [7, 11) is 0. The first-order valence-electron chi connectivity index (χ1n) is 4.61. The second-order valence-electron chi connectivity index (χ2n) is 3.21. The second-order valence-corrected chi connectivity index (χ2v) is 3.21. The van der Waals surface area contributed by atoms with E-state index in [2.05, 4.69) is 11.2 Å². The number of hydrogen-bond donors (Lipinski definition) is 1. The van der Waals surface area contributed by atoms with Crippen molar-refractivity contribution in [1.82, 2.24) is 5.32 Å². The summed E-state index contributed by atoms with van der Waals surface area (Å²) in [6, 6.07) is 0. The zero-order chi connectivity index (χ0) is 9.73. The van der Waals surface area contributed by atoms with Crippen molar-refractivity contribution in [3.63, 3.8) is 0 Å². The van der Waals surface area contributed by atoms with Crippen molar-refractivity contribution in [2.24, 2.45) is 0 Å². The first kappa shape index (κ1) is 10.1. The lowest BCUT2D eigenvalue weighted by molar-refractivity contribution is -0.155. The van der Waals surface area contributed by atoms with Crippen LogP contribution >= 0.6 is 0 Å². The molecule has 0 radical (unpaired) electrons. The molecule has 1 saturated carbocycles. The third-order valence-electron chi connectivity index (χ3n) is 2.40. The maximum Gasteiger partial charge on any atom is 0.326 e. The van der Waals surface area contributed by atoms with E-state index in [4.69, 9.17) is 11.2 Å². The Kier molecular flexibility index (Phi) is 3.32. The summed E-state index contributed by atoms with van der Waals surface area (Å²) in [5.41, 5.74) is -0.470. The van der Waals surface area contributed by atoms with Crippen LogP contribution in [0.4, 0.5) is 0 Å². The number of nitrogens with one attached hydrogen (secondary N) is 1. The van der Waals surface area contributed by atoms with Gasteiger partial charge in [-0.1, -0.05) is 5.92 Å². The van der Waals surface area contributed by atoms with E-state index in [1.54, 1.807) is 0 Å². The molecular formula is C10H15NO2. The van der Waals surface area contributed by atoms with Gasteiger partial charge in [-0.3, -0.25) is 10.1 Å². The molecule has 0 aromatic heterocycles. The van der Waals surface area contributed by atoms with Crippen LogP contribution in [0.5, 0.6) is 0 Å². The molecule has 0 saturated heterocycles. The Morgan fingerprint density at radius 1 is 1.69 bits per heavy atom. The molecule has 1 N–H and O–H groups in total. The van der Waals surface area contributed by atoms with Crippen LogP contribution in [0.1, 0.15) is 26.2 Å². The van der Waals surface area contributed by atoms with Gasteiger partial charge in [0, 0.05) is 0 Å². The Morgan fingerprint density at radius 2 is 2.38 bits per heavy atom. The standard InChI is InChI=1S/C10H15NO2/c1-3-8-11-10(6-5-7-10)9(12)13-4-2/h1,11H,4-8H2,2H3. The van der Waals surface area contributed by atoms with Gasteiger partial charge in [-0.15, -0.1) is 6.42 Å². The monoisotopic (exact) mass is 181 g/mol. The number of terminal acetylenes is 1. The fourth-order valence-electron chi connectivity index (χ4n) is 1.47. The van der Waals surface area contributed by atoms with Gasteiger partial charge in [-0.2, -0.15) is 0 Å². The van der Waals surface area contributed by atoms with Crippen molar-refractivity contribution in [2.45, 2.75) is 31.7 Å². The largest absolute Gasteiger partial charge is 0.465 e. The molecule has 0 spiro atoms. The van der Waals surface area contributed by atoms with Crippen molar-refractivity contribution >= 4 is 5.97 Å². The molecule has 0 aromatic carbocycles. The number of ether oxygens (including phenoxy) is 1. The maximum absolute atomic E-state index is 11.5. The van der Waals surface area contributed by atoms with Crippen LogP contribution in [0.25, 0.3) is 0 Å². The van der Waals surface area contributed by atoms with Crippen molar-refractivity contribution in [1.29, 1.82) is 0 Å². The van der Waals surface area contributed by atoms with Crippen LogP contribution in [0.3, 0.4) is 0 Å². The molecule has 13 heavy (non-hydrogen) atoms. The Labute approximate surface area is 78.8 Å². The molecule has 72 valence electrons. The van der Waals surface area contributed by atoms with Crippen LogP contribution in [0.15, 0.2) is 0 Å². The maximum atomic E-state index is 11.5. The first-order chi connectivity index (χ1) is 6.25. The highest BCUT2D eigenvalue weighted by molar-refractivity contribution is 5.82. The predicted molar refractivity (Wildman–Crippen MR) is 50.1 cm³/mol. The number of carbonyl (C=O) groups is 1. The molecule has 0 heterocycles. The topological polar surface area (TPSA) is 38.3 Å². The lowest BCUT2D eigenvalue weighted by Crippen LogP contribution is -2.57.